The molecule has 0 radical (unpaired) electrons. The van der Waals surface area contributed by atoms with Crippen LogP contribution in [0.4, 0.5) is 5.69 Å². The maximum absolute atomic E-state index is 12.8. The first-order valence-electron chi connectivity index (χ1n) is 9.05. The van der Waals surface area contributed by atoms with Gasteiger partial charge in [0.15, 0.2) is 0 Å². The molecule has 6 nitrogen and oxygen atoms in total. The number of nitrogens with one attached hydrogen (secondary N) is 1. The molecule has 1 aliphatic heterocycles. The number of carbonyl (C=O) groups excluding carboxylic acids is 1. The molecule has 2 N–H and O–H groups in total. The molecule has 1 aliphatic rings. The van der Waals surface area contributed by atoms with Gasteiger partial charge in [-0.3, -0.25) is 4.79 Å². The number of fused-ring (bicyclic) bond motifs is 1. The van der Waals surface area contributed by atoms with Gasteiger partial charge in [0.25, 0.3) is 5.91 Å². The number of carbonyl (C=O) groups is 1. The highest BCUT2D eigenvalue weighted by Gasteiger charge is 2.18. The maximum atomic E-state index is 12.8. The van der Waals surface area contributed by atoms with E-state index >= 15 is 0 Å². The molecule has 0 aliphatic carbocycles. The van der Waals surface area contributed by atoms with Crippen molar-refractivity contribution in [1.29, 1.82) is 0 Å². The number of phenolic OH excluding ortho intramolecular Hbond substituents is 1. The normalized spacial score (nSPS) is 17.2. The summed E-state index contributed by atoms with van der Waals surface area (Å²) in [5.41, 5.74) is 1.43. The zero-order valence-electron chi connectivity index (χ0n) is 15.0. The number of hydrogen-bond donors (Lipinski definition) is 2. The van der Waals surface area contributed by atoms with Crippen LogP contribution in [0, 0.1) is 0 Å². The molecule has 1 saturated heterocycles. The molecule has 2 heterocycles. The Labute approximate surface area is 166 Å². The summed E-state index contributed by atoms with van der Waals surface area (Å²) in [6, 6.07) is 13.4. The Balaban J connectivity index is 1.76. The van der Waals surface area contributed by atoms with Gasteiger partial charge in [0, 0.05) is 29.6 Å². The van der Waals surface area contributed by atoms with Gasteiger partial charge in [-0.05, 0) is 49.2 Å². The van der Waals surface area contributed by atoms with Gasteiger partial charge in [-0.1, -0.05) is 17.7 Å². The van der Waals surface area contributed by atoms with E-state index < -0.39 is 0 Å². The lowest BCUT2D eigenvalue weighted by atomic mass is 10.1. The van der Waals surface area contributed by atoms with Gasteiger partial charge in [-0.25, -0.2) is 4.99 Å². The van der Waals surface area contributed by atoms with E-state index in [1.807, 2.05) is 0 Å². The molecular weight excluding hydrogens is 380 g/mol. The molecule has 1 atom stereocenters. The number of phenols is 1. The number of hydrogen-bond acceptors (Lipinski definition) is 5. The molecule has 28 heavy (non-hydrogen) atoms. The summed E-state index contributed by atoms with van der Waals surface area (Å²) in [7, 11) is 0. The summed E-state index contributed by atoms with van der Waals surface area (Å²) in [5, 5.41) is 13.8. The third-order valence-corrected chi connectivity index (χ3v) is 4.77. The van der Waals surface area contributed by atoms with E-state index in [-0.39, 0.29) is 23.3 Å². The standard InChI is InChI=1S/C21H19ClN2O4/c22-14-3-1-4-15(10-14)24-21-18(20(26)23-12-17-5-2-8-27-17)9-13-6-7-16(25)11-19(13)28-21/h1,3-4,6-7,9-11,17,25H,2,5,8,12H2,(H,23,26)/t17-/m0/s1. The summed E-state index contributed by atoms with van der Waals surface area (Å²) >= 11 is 6.03. The number of benzene rings is 2. The summed E-state index contributed by atoms with van der Waals surface area (Å²) in [4.78, 5) is 17.3. The van der Waals surface area contributed by atoms with Crippen molar-refractivity contribution in [3.05, 3.63) is 64.7 Å². The molecule has 3 aromatic rings. The smallest absolute Gasteiger partial charge is 0.256 e. The van der Waals surface area contributed by atoms with E-state index in [1.54, 1.807) is 42.5 Å². The topological polar surface area (TPSA) is 84.1 Å². The lowest BCUT2D eigenvalue weighted by Crippen LogP contribution is -2.34. The molecule has 144 valence electrons. The number of amides is 1. The van der Waals surface area contributed by atoms with Crippen LogP contribution in [-0.2, 0) is 4.74 Å². The Morgan fingerprint density at radius 1 is 1.25 bits per heavy atom. The van der Waals surface area contributed by atoms with Crippen molar-refractivity contribution in [2.45, 2.75) is 18.9 Å². The monoisotopic (exact) mass is 398 g/mol. The van der Waals surface area contributed by atoms with Crippen molar-refractivity contribution < 1.29 is 19.1 Å². The van der Waals surface area contributed by atoms with Crippen LogP contribution in [0.25, 0.3) is 11.0 Å². The second-order valence-electron chi connectivity index (χ2n) is 6.62. The zero-order valence-corrected chi connectivity index (χ0v) is 15.8. The van der Waals surface area contributed by atoms with Gasteiger partial charge in [-0.2, -0.15) is 0 Å². The first-order valence-corrected chi connectivity index (χ1v) is 9.43. The maximum Gasteiger partial charge on any atom is 0.256 e. The molecule has 1 aromatic heterocycles. The molecule has 0 bridgehead atoms. The molecule has 2 aromatic carbocycles. The first-order chi connectivity index (χ1) is 13.6. The quantitative estimate of drug-likeness (QED) is 0.697. The van der Waals surface area contributed by atoms with Gasteiger partial charge in [0.1, 0.15) is 16.9 Å². The highest BCUT2D eigenvalue weighted by atomic mass is 35.5. The minimum absolute atomic E-state index is 0.0339. The SMILES string of the molecule is O=C(NC[C@@H]1CCCO1)c1cc2ccc(O)cc2oc1=Nc1cccc(Cl)c1. The minimum Gasteiger partial charge on any atom is -0.508 e. The number of rotatable bonds is 4. The summed E-state index contributed by atoms with van der Waals surface area (Å²) in [5.74, 6) is -0.226. The van der Waals surface area contributed by atoms with Crippen molar-refractivity contribution in [2.75, 3.05) is 13.2 Å². The van der Waals surface area contributed by atoms with Gasteiger partial charge in [0.05, 0.1) is 11.8 Å². The van der Waals surface area contributed by atoms with E-state index in [2.05, 4.69) is 10.3 Å². The fraction of sp³-hybridized carbons (Fsp3) is 0.238. The van der Waals surface area contributed by atoms with Crippen LogP contribution < -0.4 is 10.9 Å². The lowest BCUT2D eigenvalue weighted by molar-refractivity contribution is 0.0854. The summed E-state index contributed by atoms with van der Waals surface area (Å²) in [6.07, 6.45) is 1.97. The average Bonchev–Trinajstić information content (AvgIpc) is 3.19. The predicted octanol–water partition coefficient (Wildman–Crippen LogP) is 3.93. The van der Waals surface area contributed by atoms with Crippen molar-refractivity contribution in [1.82, 2.24) is 5.32 Å². The highest BCUT2D eigenvalue weighted by Crippen LogP contribution is 2.21. The van der Waals surface area contributed by atoms with E-state index in [4.69, 9.17) is 20.8 Å². The molecule has 0 saturated carbocycles. The molecule has 0 unspecified atom stereocenters. The summed E-state index contributed by atoms with van der Waals surface area (Å²) < 4.78 is 11.4. The van der Waals surface area contributed by atoms with Crippen LogP contribution in [0.2, 0.25) is 5.02 Å². The van der Waals surface area contributed by atoms with Crippen LogP contribution in [0.1, 0.15) is 23.2 Å². The van der Waals surface area contributed by atoms with E-state index in [9.17, 15) is 9.90 Å². The Morgan fingerprint density at radius 3 is 2.93 bits per heavy atom. The van der Waals surface area contributed by atoms with Crippen LogP contribution in [0.5, 0.6) is 5.75 Å². The first kappa shape index (κ1) is 18.5. The molecule has 4 rings (SSSR count). The Bertz CT molecular complexity index is 1090. The number of nitrogens with zero attached hydrogens (tertiary/aromatic N) is 1. The largest absolute Gasteiger partial charge is 0.508 e. The van der Waals surface area contributed by atoms with Crippen molar-refractivity contribution in [3.63, 3.8) is 0 Å². The van der Waals surface area contributed by atoms with Crippen molar-refractivity contribution in [3.8, 4) is 5.75 Å². The van der Waals surface area contributed by atoms with Crippen LogP contribution in [-0.4, -0.2) is 30.3 Å². The Hall–Kier alpha value is -2.83. The number of halogens is 1. The molecular formula is C21H19ClN2O4. The van der Waals surface area contributed by atoms with Gasteiger partial charge in [-0.15, -0.1) is 0 Å². The fourth-order valence-corrected chi connectivity index (χ4v) is 3.31. The van der Waals surface area contributed by atoms with E-state index in [0.29, 0.717) is 33.8 Å². The molecule has 1 amide bonds. The Kier molecular flexibility index (Phi) is 5.32. The van der Waals surface area contributed by atoms with E-state index in [0.717, 1.165) is 19.4 Å². The zero-order chi connectivity index (χ0) is 19.5. The van der Waals surface area contributed by atoms with Crippen LogP contribution in [0.15, 0.2) is 57.9 Å². The molecule has 0 spiro atoms. The highest BCUT2D eigenvalue weighted by molar-refractivity contribution is 6.30. The second-order valence-corrected chi connectivity index (χ2v) is 7.06. The van der Waals surface area contributed by atoms with Crippen molar-refractivity contribution >= 4 is 34.2 Å². The van der Waals surface area contributed by atoms with Crippen LogP contribution in [0.3, 0.4) is 0 Å². The van der Waals surface area contributed by atoms with Gasteiger partial charge < -0.3 is 19.6 Å². The average molecular weight is 399 g/mol. The number of aromatic hydroxyl groups is 1. The van der Waals surface area contributed by atoms with E-state index in [1.165, 1.54) is 6.07 Å². The van der Waals surface area contributed by atoms with Crippen LogP contribution >= 0.6 is 11.6 Å². The van der Waals surface area contributed by atoms with Gasteiger partial charge in [0.2, 0.25) is 5.55 Å². The van der Waals surface area contributed by atoms with Crippen molar-refractivity contribution in [2.24, 2.45) is 4.99 Å². The fourth-order valence-electron chi connectivity index (χ4n) is 3.12. The Morgan fingerprint density at radius 2 is 2.14 bits per heavy atom. The number of ether oxygens (including phenoxy) is 1. The second kappa shape index (κ2) is 8.04. The summed E-state index contributed by atoms with van der Waals surface area (Å²) in [6.45, 7) is 1.16. The third kappa shape index (κ3) is 4.18. The molecule has 7 heteroatoms. The molecule has 1 fully saturated rings. The van der Waals surface area contributed by atoms with Gasteiger partial charge >= 0.3 is 0 Å². The predicted molar refractivity (Wildman–Crippen MR) is 106 cm³/mol. The minimum atomic E-state index is -0.296. The lowest BCUT2D eigenvalue weighted by Gasteiger charge is -2.11. The third-order valence-electron chi connectivity index (χ3n) is 4.53.